The number of pyridine rings is 1. The first-order chi connectivity index (χ1) is 14.2. The highest BCUT2D eigenvalue weighted by Crippen LogP contribution is 2.29. The fourth-order valence-corrected chi connectivity index (χ4v) is 3.65. The van der Waals surface area contributed by atoms with E-state index in [-0.39, 0.29) is 24.2 Å². The summed E-state index contributed by atoms with van der Waals surface area (Å²) in [5, 5.41) is 4.07. The maximum atomic E-state index is 14.0. The van der Waals surface area contributed by atoms with Gasteiger partial charge in [-0.2, -0.15) is 4.98 Å². The van der Waals surface area contributed by atoms with E-state index in [9.17, 15) is 9.18 Å². The molecule has 0 spiro atoms. The Balaban J connectivity index is 1.36. The minimum atomic E-state index is -0.311. The minimum Gasteiger partial charge on any atom is -0.339 e. The van der Waals surface area contributed by atoms with Crippen molar-refractivity contribution in [3.63, 3.8) is 0 Å². The standard InChI is InChI=1S/C21H18FN5O2/c22-16-6-2-1-5-14(16)11-27-12-15(8-9-19(27)28)21-24-20(25-29-21)17-13-26-10-4-3-7-18(26)23-17/h1-7,10,13,15H,8-9,11-12H2/t15-/m0/s1. The predicted molar refractivity (Wildman–Crippen MR) is 102 cm³/mol. The predicted octanol–water partition coefficient (Wildman–Crippen LogP) is 3.43. The third kappa shape index (κ3) is 3.37. The molecule has 0 N–H and O–H groups in total. The lowest BCUT2D eigenvalue weighted by Gasteiger charge is -2.31. The summed E-state index contributed by atoms with van der Waals surface area (Å²) in [5.74, 6) is 0.501. The average Bonchev–Trinajstić information content (AvgIpc) is 3.38. The van der Waals surface area contributed by atoms with E-state index in [2.05, 4.69) is 15.1 Å². The van der Waals surface area contributed by atoms with Gasteiger partial charge in [-0.15, -0.1) is 0 Å². The second-order valence-electron chi connectivity index (χ2n) is 7.15. The topological polar surface area (TPSA) is 76.5 Å². The average molecular weight is 391 g/mol. The molecule has 0 aliphatic carbocycles. The lowest BCUT2D eigenvalue weighted by Crippen LogP contribution is -2.38. The van der Waals surface area contributed by atoms with E-state index in [1.165, 1.54) is 6.07 Å². The molecule has 1 amide bonds. The molecule has 0 unspecified atom stereocenters. The quantitative estimate of drug-likeness (QED) is 0.533. The molecule has 4 aromatic rings. The number of amides is 1. The van der Waals surface area contributed by atoms with Gasteiger partial charge in [0.25, 0.3) is 0 Å². The molecule has 5 rings (SSSR count). The van der Waals surface area contributed by atoms with Gasteiger partial charge in [-0.3, -0.25) is 4.79 Å². The van der Waals surface area contributed by atoms with Gasteiger partial charge in [0.2, 0.25) is 17.6 Å². The highest BCUT2D eigenvalue weighted by molar-refractivity contribution is 5.77. The van der Waals surface area contributed by atoms with E-state index < -0.39 is 0 Å². The first kappa shape index (κ1) is 17.5. The molecule has 1 atom stereocenters. The summed E-state index contributed by atoms with van der Waals surface area (Å²) in [6.07, 6.45) is 4.74. The first-order valence-electron chi connectivity index (χ1n) is 9.46. The molecule has 0 radical (unpaired) electrons. The smallest absolute Gasteiger partial charge is 0.231 e. The Kier molecular flexibility index (Phi) is 4.31. The van der Waals surface area contributed by atoms with Gasteiger partial charge < -0.3 is 13.8 Å². The van der Waals surface area contributed by atoms with Crippen LogP contribution in [0.25, 0.3) is 17.2 Å². The van der Waals surface area contributed by atoms with Crippen molar-refractivity contribution in [1.82, 2.24) is 24.4 Å². The van der Waals surface area contributed by atoms with Crippen molar-refractivity contribution in [3.05, 3.63) is 72.1 Å². The monoisotopic (exact) mass is 391 g/mol. The number of halogens is 1. The molecule has 3 aromatic heterocycles. The highest BCUT2D eigenvalue weighted by atomic mass is 19.1. The molecule has 0 saturated carbocycles. The Hall–Kier alpha value is -3.55. The highest BCUT2D eigenvalue weighted by Gasteiger charge is 2.31. The summed E-state index contributed by atoms with van der Waals surface area (Å²) in [7, 11) is 0. The van der Waals surface area contributed by atoms with Gasteiger partial charge in [0.1, 0.15) is 17.2 Å². The zero-order valence-corrected chi connectivity index (χ0v) is 15.5. The van der Waals surface area contributed by atoms with E-state index in [0.29, 0.717) is 42.4 Å². The fourth-order valence-electron chi connectivity index (χ4n) is 3.65. The zero-order chi connectivity index (χ0) is 19.8. The summed E-state index contributed by atoms with van der Waals surface area (Å²) in [6, 6.07) is 12.2. The molecule has 146 valence electrons. The third-order valence-electron chi connectivity index (χ3n) is 5.20. The third-order valence-corrected chi connectivity index (χ3v) is 5.20. The van der Waals surface area contributed by atoms with Crippen LogP contribution < -0.4 is 0 Å². The van der Waals surface area contributed by atoms with Gasteiger partial charge in [-0.05, 0) is 24.6 Å². The van der Waals surface area contributed by atoms with Crippen molar-refractivity contribution in [2.75, 3.05) is 6.54 Å². The van der Waals surface area contributed by atoms with E-state index in [4.69, 9.17) is 4.52 Å². The number of aromatic nitrogens is 4. The number of carbonyl (C=O) groups is 1. The molecular weight excluding hydrogens is 373 g/mol. The van der Waals surface area contributed by atoms with E-state index >= 15 is 0 Å². The Bertz CT molecular complexity index is 1150. The number of carbonyl (C=O) groups excluding carboxylic acids is 1. The number of piperidine rings is 1. The lowest BCUT2D eigenvalue weighted by atomic mass is 9.97. The summed E-state index contributed by atoms with van der Waals surface area (Å²) in [5.41, 5.74) is 1.92. The van der Waals surface area contributed by atoms with Crippen LogP contribution in [-0.2, 0) is 11.3 Å². The molecule has 7 nitrogen and oxygen atoms in total. The van der Waals surface area contributed by atoms with Gasteiger partial charge in [0.15, 0.2) is 0 Å². The van der Waals surface area contributed by atoms with Crippen molar-refractivity contribution in [2.24, 2.45) is 0 Å². The van der Waals surface area contributed by atoms with Crippen LogP contribution in [0.5, 0.6) is 0 Å². The van der Waals surface area contributed by atoms with Crippen LogP contribution in [0, 0.1) is 5.82 Å². The molecule has 1 saturated heterocycles. The van der Waals surface area contributed by atoms with Crippen LogP contribution in [0.15, 0.2) is 59.4 Å². The van der Waals surface area contributed by atoms with Crippen LogP contribution in [-0.4, -0.2) is 36.9 Å². The van der Waals surface area contributed by atoms with E-state index in [0.717, 1.165) is 5.65 Å². The Morgan fingerprint density at radius 3 is 2.86 bits per heavy atom. The van der Waals surface area contributed by atoms with Crippen LogP contribution in [0.2, 0.25) is 0 Å². The second kappa shape index (κ2) is 7.12. The maximum absolute atomic E-state index is 14.0. The number of imidazole rings is 1. The van der Waals surface area contributed by atoms with Crippen LogP contribution in [0.3, 0.4) is 0 Å². The Labute approximate surface area is 165 Å². The van der Waals surface area contributed by atoms with Crippen molar-refractivity contribution >= 4 is 11.6 Å². The molecule has 1 aliphatic rings. The molecule has 0 bridgehead atoms. The van der Waals surface area contributed by atoms with Crippen molar-refractivity contribution in [1.29, 1.82) is 0 Å². The summed E-state index contributed by atoms with van der Waals surface area (Å²) >= 11 is 0. The molecule has 8 heteroatoms. The van der Waals surface area contributed by atoms with Gasteiger partial charge >= 0.3 is 0 Å². The van der Waals surface area contributed by atoms with Crippen molar-refractivity contribution in [3.8, 4) is 11.5 Å². The largest absolute Gasteiger partial charge is 0.339 e. The first-order valence-corrected chi connectivity index (χ1v) is 9.46. The van der Waals surface area contributed by atoms with E-state index in [1.54, 1.807) is 23.1 Å². The molecule has 1 aromatic carbocycles. The number of fused-ring (bicyclic) bond motifs is 1. The molecule has 4 heterocycles. The normalized spacial score (nSPS) is 17.2. The van der Waals surface area contributed by atoms with E-state index in [1.807, 2.05) is 35.0 Å². The van der Waals surface area contributed by atoms with Crippen LogP contribution in [0.1, 0.15) is 30.2 Å². The SMILES string of the molecule is O=C1CC[C@H](c2nc(-c3cn4ccccc4n3)no2)CN1Cc1ccccc1F. The number of benzene rings is 1. The Morgan fingerprint density at radius 1 is 1.14 bits per heavy atom. The van der Waals surface area contributed by atoms with Crippen molar-refractivity contribution < 1.29 is 13.7 Å². The number of nitrogens with zero attached hydrogens (tertiary/aromatic N) is 5. The summed E-state index contributed by atoms with van der Waals surface area (Å²) in [4.78, 5) is 23.0. The van der Waals surface area contributed by atoms with Crippen molar-refractivity contribution in [2.45, 2.75) is 25.3 Å². The number of rotatable bonds is 4. The molecule has 1 fully saturated rings. The Morgan fingerprint density at radius 2 is 2.00 bits per heavy atom. The minimum absolute atomic E-state index is 0.00425. The fraction of sp³-hybridized carbons (Fsp3) is 0.238. The van der Waals surface area contributed by atoms with Crippen LogP contribution in [0.4, 0.5) is 4.39 Å². The number of hydrogen-bond donors (Lipinski definition) is 0. The molecule has 29 heavy (non-hydrogen) atoms. The summed E-state index contributed by atoms with van der Waals surface area (Å²) < 4.78 is 21.4. The van der Waals surface area contributed by atoms with Gasteiger partial charge in [0, 0.05) is 37.5 Å². The van der Waals surface area contributed by atoms with Gasteiger partial charge in [-0.1, -0.05) is 29.4 Å². The molecular formula is C21H18FN5O2. The number of likely N-dealkylation sites (tertiary alicyclic amines) is 1. The lowest BCUT2D eigenvalue weighted by molar-refractivity contribution is -0.134. The van der Waals surface area contributed by atoms with Crippen LogP contribution >= 0.6 is 0 Å². The maximum Gasteiger partial charge on any atom is 0.231 e. The summed E-state index contributed by atoms with van der Waals surface area (Å²) in [6.45, 7) is 0.648. The van der Waals surface area contributed by atoms with Gasteiger partial charge in [0.05, 0.1) is 5.92 Å². The van der Waals surface area contributed by atoms with Gasteiger partial charge in [-0.25, -0.2) is 9.37 Å². The zero-order valence-electron chi connectivity index (χ0n) is 15.5. The molecule has 1 aliphatic heterocycles. The number of hydrogen-bond acceptors (Lipinski definition) is 5. The second-order valence-corrected chi connectivity index (χ2v) is 7.15.